The van der Waals surface area contributed by atoms with E-state index in [4.69, 9.17) is 4.65 Å². The fourth-order valence-corrected chi connectivity index (χ4v) is 2.41. The van der Waals surface area contributed by atoms with Crippen molar-refractivity contribution in [1.82, 2.24) is 19.6 Å². The third-order valence-corrected chi connectivity index (χ3v) is 4.94. The highest BCUT2D eigenvalue weighted by Gasteiger charge is 2.35. The van der Waals surface area contributed by atoms with Crippen molar-refractivity contribution in [2.75, 3.05) is 33.2 Å². The quantitative estimate of drug-likeness (QED) is 0.662. The first kappa shape index (κ1) is 19.9. The number of likely N-dealkylation sites (N-methyl/N-ethyl adjacent to an activating group) is 1. The number of aromatic nitrogens is 2. The fourth-order valence-electron chi connectivity index (χ4n) is 2.41. The Bertz CT molecular complexity index is 583. The maximum Gasteiger partial charge on any atom is 0.334 e. The molecule has 8 heteroatoms. The molecule has 1 aliphatic rings. The molecule has 7 nitrogen and oxygen atoms in total. The summed E-state index contributed by atoms with van der Waals surface area (Å²) >= 11 is 0. The molecule has 0 bridgehead atoms. The summed E-state index contributed by atoms with van der Waals surface area (Å²) in [6, 6.07) is 0. The predicted octanol–water partition coefficient (Wildman–Crippen LogP) is -0.142. The molecule has 0 spiro atoms. The number of amides is 1. The van der Waals surface area contributed by atoms with Gasteiger partial charge < -0.3 is 14.7 Å². The Kier molecular flexibility index (Phi) is 6.29. The van der Waals surface area contributed by atoms with Crippen molar-refractivity contribution in [3.8, 4) is 0 Å². The number of aryl methyl sites for hydroxylation is 1. The zero-order valence-electron chi connectivity index (χ0n) is 16.0. The lowest BCUT2D eigenvalue weighted by Gasteiger charge is -2.37. The van der Waals surface area contributed by atoms with Gasteiger partial charge in [-0.05, 0) is 46.6 Å². The Morgan fingerprint density at radius 3 is 2.64 bits per heavy atom. The summed E-state index contributed by atoms with van der Waals surface area (Å²) in [4.78, 5) is 15.9. The Morgan fingerprint density at radius 2 is 2.00 bits per heavy atom. The van der Waals surface area contributed by atoms with Crippen molar-refractivity contribution < 1.29 is 14.6 Å². The topological polar surface area (TPSA) is 70.8 Å². The molecule has 2 rings (SSSR count). The van der Waals surface area contributed by atoms with Crippen molar-refractivity contribution in [2.24, 2.45) is 0 Å². The van der Waals surface area contributed by atoms with E-state index in [0.29, 0.717) is 6.54 Å². The van der Waals surface area contributed by atoms with Crippen LogP contribution in [0.1, 0.15) is 34.1 Å². The third-order valence-electron chi connectivity index (χ3n) is 4.94. The molecule has 1 N–H and O–H groups in total. The van der Waals surface area contributed by atoms with Crippen LogP contribution in [0.2, 0.25) is 0 Å². The van der Waals surface area contributed by atoms with Gasteiger partial charge in [0.1, 0.15) is 0 Å². The maximum absolute atomic E-state index is 11.9. The van der Waals surface area contributed by atoms with Crippen molar-refractivity contribution in [3.63, 3.8) is 0 Å². The van der Waals surface area contributed by atoms with Crippen molar-refractivity contribution in [3.05, 3.63) is 12.4 Å². The molecule has 1 aromatic rings. The standard InChI is InChI=1S/C17H30BN4O3/c1-16(2,24)17(3,4)25-18-14-11-19-22(12-14)8-6-7-21-10-9-20(5)13-15(21)23/h11-12,24H,6-10,13H2,1-5H3. The molecule has 0 unspecified atom stereocenters. The number of aliphatic hydroxyl groups is 1. The van der Waals surface area contributed by atoms with E-state index in [1.165, 1.54) is 0 Å². The molecule has 0 saturated carbocycles. The normalized spacial score (nSPS) is 17.2. The molecule has 139 valence electrons. The van der Waals surface area contributed by atoms with E-state index >= 15 is 0 Å². The monoisotopic (exact) mass is 349 g/mol. The second kappa shape index (κ2) is 7.89. The van der Waals surface area contributed by atoms with Gasteiger partial charge in [-0.15, -0.1) is 0 Å². The van der Waals surface area contributed by atoms with Gasteiger partial charge in [-0.2, -0.15) is 5.10 Å². The second-order valence-electron chi connectivity index (χ2n) is 7.81. The van der Waals surface area contributed by atoms with Gasteiger partial charge in [0.05, 0.1) is 17.7 Å². The highest BCUT2D eigenvalue weighted by molar-refractivity contribution is 6.46. The van der Waals surface area contributed by atoms with Crippen LogP contribution in [-0.2, 0) is 16.0 Å². The lowest BCUT2D eigenvalue weighted by molar-refractivity contribution is -0.135. The summed E-state index contributed by atoms with van der Waals surface area (Å²) in [6.07, 6.45) is 4.51. The zero-order chi connectivity index (χ0) is 18.7. The van der Waals surface area contributed by atoms with Gasteiger partial charge in [0.15, 0.2) is 0 Å². The predicted molar refractivity (Wildman–Crippen MR) is 97.8 cm³/mol. The van der Waals surface area contributed by atoms with E-state index in [-0.39, 0.29) is 5.91 Å². The molecule has 25 heavy (non-hydrogen) atoms. The summed E-state index contributed by atoms with van der Waals surface area (Å²) in [5.41, 5.74) is -0.793. The Labute approximate surface area is 151 Å². The Balaban J connectivity index is 1.75. The second-order valence-corrected chi connectivity index (χ2v) is 7.81. The number of carbonyl (C=O) groups is 1. The van der Waals surface area contributed by atoms with Crippen LogP contribution in [0.5, 0.6) is 0 Å². The van der Waals surface area contributed by atoms with Crippen LogP contribution >= 0.6 is 0 Å². The van der Waals surface area contributed by atoms with E-state index in [1.54, 1.807) is 27.5 Å². The third kappa shape index (κ3) is 5.55. The summed E-state index contributed by atoms with van der Waals surface area (Å²) < 4.78 is 7.59. The molecule has 1 amide bonds. The van der Waals surface area contributed by atoms with Gasteiger partial charge in [-0.25, -0.2) is 0 Å². The average molecular weight is 349 g/mol. The molecular weight excluding hydrogens is 319 g/mol. The number of piperazine rings is 1. The highest BCUT2D eigenvalue weighted by Crippen LogP contribution is 2.24. The van der Waals surface area contributed by atoms with Gasteiger partial charge >= 0.3 is 7.48 Å². The summed E-state index contributed by atoms with van der Waals surface area (Å²) in [5, 5.41) is 14.4. The van der Waals surface area contributed by atoms with Gasteiger partial charge in [-0.1, -0.05) is 0 Å². The number of hydrogen-bond acceptors (Lipinski definition) is 5. The zero-order valence-corrected chi connectivity index (χ0v) is 16.0. The van der Waals surface area contributed by atoms with Crippen molar-refractivity contribution in [2.45, 2.75) is 51.9 Å². The highest BCUT2D eigenvalue weighted by atomic mass is 16.5. The molecule has 0 aromatic carbocycles. The maximum atomic E-state index is 11.9. The van der Waals surface area contributed by atoms with Crippen LogP contribution in [0.4, 0.5) is 0 Å². The largest absolute Gasteiger partial charge is 0.427 e. The van der Waals surface area contributed by atoms with Crippen LogP contribution in [0.3, 0.4) is 0 Å². The summed E-state index contributed by atoms with van der Waals surface area (Å²) in [6.45, 7) is 10.9. The molecule has 2 heterocycles. The van der Waals surface area contributed by atoms with Gasteiger partial charge in [0, 0.05) is 38.6 Å². The number of carbonyl (C=O) groups excluding carboxylic acids is 1. The Hall–Kier alpha value is -1.38. The number of hydrogen-bond donors (Lipinski definition) is 1. The SMILES string of the molecule is CN1CCN(CCCn2cc([B]OC(C)(C)C(C)(C)O)cn2)C(=O)C1. The van der Waals surface area contributed by atoms with Gasteiger partial charge in [0.2, 0.25) is 5.91 Å². The lowest BCUT2D eigenvalue weighted by atomic mass is 9.84. The number of nitrogens with zero attached hydrogens (tertiary/aromatic N) is 4. The molecule has 1 fully saturated rings. The van der Waals surface area contributed by atoms with E-state index in [9.17, 15) is 9.90 Å². The van der Waals surface area contributed by atoms with Gasteiger partial charge in [-0.3, -0.25) is 14.4 Å². The Morgan fingerprint density at radius 1 is 1.28 bits per heavy atom. The first-order valence-corrected chi connectivity index (χ1v) is 8.81. The summed E-state index contributed by atoms with van der Waals surface area (Å²) in [7, 11) is 3.60. The molecular formula is C17H30BN4O3. The average Bonchev–Trinajstić information content (AvgIpc) is 2.94. The molecule has 1 saturated heterocycles. The minimum absolute atomic E-state index is 0.200. The fraction of sp³-hybridized carbons (Fsp3) is 0.765. The van der Waals surface area contributed by atoms with Crippen LogP contribution in [0, 0.1) is 0 Å². The van der Waals surface area contributed by atoms with E-state index in [2.05, 4.69) is 5.10 Å². The first-order valence-electron chi connectivity index (χ1n) is 8.81. The first-order chi connectivity index (χ1) is 11.6. The van der Waals surface area contributed by atoms with E-state index in [0.717, 1.165) is 38.1 Å². The smallest absolute Gasteiger partial charge is 0.334 e. The van der Waals surface area contributed by atoms with Crippen molar-refractivity contribution in [1.29, 1.82) is 0 Å². The lowest BCUT2D eigenvalue weighted by Crippen LogP contribution is -2.49. The van der Waals surface area contributed by atoms with E-state index < -0.39 is 11.2 Å². The molecule has 1 radical (unpaired) electrons. The van der Waals surface area contributed by atoms with Gasteiger partial charge in [0.25, 0.3) is 0 Å². The van der Waals surface area contributed by atoms with Crippen LogP contribution in [0.15, 0.2) is 12.4 Å². The molecule has 0 atom stereocenters. The van der Waals surface area contributed by atoms with Crippen molar-refractivity contribution >= 4 is 18.9 Å². The molecule has 1 aromatic heterocycles. The van der Waals surface area contributed by atoms with E-state index in [1.807, 2.05) is 41.6 Å². The van der Waals surface area contributed by atoms with Crippen LogP contribution in [0.25, 0.3) is 0 Å². The van der Waals surface area contributed by atoms with Crippen LogP contribution in [-0.4, -0.2) is 82.5 Å². The minimum Gasteiger partial charge on any atom is -0.427 e. The number of rotatable bonds is 8. The molecule has 0 aliphatic carbocycles. The summed E-state index contributed by atoms with van der Waals surface area (Å²) in [5.74, 6) is 0.200. The minimum atomic E-state index is -0.950. The molecule has 1 aliphatic heterocycles. The van der Waals surface area contributed by atoms with Crippen LogP contribution < -0.4 is 5.46 Å².